The van der Waals surface area contributed by atoms with Gasteiger partial charge in [-0.1, -0.05) is 13.3 Å². The molecule has 6 heteroatoms. The summed E-state index contributed by atoms with van der Waals surface area (Å²) in [5, 5.41) is 10.2. The fourth-order valence-electron chi connectivity index (χ4n) is 6.45. The van der Waals surface area contributed by atoms with Crippen LogP contribution in [-0.2, 0) is 9.59 Å². The maximum Gasteiger partial charge on any atom is 0.237 e. The van der Waals surface area contributed by atoms with E-state index in [2.05, 4.69) is 22.9 Å². The molecule has 6 unspecified atom stereocenters. The van der Waals surface area contributed by atoms with Crippen molar-refractivity contribution in [3.8, 4) is 0 Å². The summed E-state index contributed by atoms with van der Waals surface area (Å²) < 4.78 is 0. The van der Waals surface area contributed by atoms with Gasteiger partial charge in [-0.15, -0.1) is 0 Å². The summed E-state index contributed by atoms with van der Waals surface area (Å²) in [5.41, 5.74) is 5.49. The van der Waals surface area contributed by atoms with Gasteiger partial charge in [-0.25, -0.2) is 0 Å². The molecular weight excluding hydrogens is 340 g/mol. The molecule has 3 aliphatic carbocycles. The van der Waals surface area contributed by atoms with Crippen LogP contribution in [0.5, 0.6) is 0 Å². The molecule has 0 radical (unpaired) electrons. The first kappa shape index (κ1) is 19.2. The first-order valence-electron chi connectivity index (χ1n) is 11.1. The van der Waals surface area contributed by atoms with E-state index < -0.39 is 0 Å². The highest BCUT2D eigenvalue weighted by molar-refractivity contribution is 5.82. The molecule has 4 fully saturated rings. The van der Waals surface area contributed by atoms with Crippen molar-refractivity contribution in [3.63, 3.8) is 0 Å². The fraction of sp³-hybridized carbons (Fsp3) is 0.905. The van der Waals surface area contributed by atoms with Crippen LogP contribution in [0.15, 0.2) is 0 Å². The van der Waals surface area contributed by atoms with Crippen LogP contribution in [0.3, 0.4) is 0 Å². The minimum absolute atomic E-state index is 0.0137. The molecule has 4 aliphatic rings. The van der Waals surface area contributed by atoms with Crippen LogP contribution in [0.25, 0.3) is 0 Å². The number of carbonyl (C=O) groups excluding carboxylic acids is 2. The molecular formula is C21H36N4O2. The van der Waals surface area contributed by atoms with Crippen LogP contribution < -0.4 is 21.7 Å². The maximum absolute atomic E-state index is 12.9. The van der Waals surface area contributed by atoms with E-state index in [4.69, 9.17) is 5.73 Å². The normalized spacial score (nSPS) is 43.2. The van der Waals surface area contributed by atoms with Gasteiger partial charge in [0.25, 0.3) is 0 Å². The molecule has 0 aromatic rings. The molecule has 0 spiro atoms. The number of hydrogen-bond donors (Lipinski definition) is 4. The SMILES string of the molecule is CC1CCCC2CC(C(=O)NC3CC4CCC(C3)C4NC(=O)CCN)NC12. The first-order chi connectivity index (χ1) is 13.0. The largest absolute Gasteiger partial charge is 0.353 e. The zero-order valence-corrected chi connectivity index (χ0v) is 16.6. The average molecular weight is 377 g/mol. The van der Waals surface area contributed by atoms with Crippen LogP contribution in [0, 0.1) is 23.7 Å². The van der Waals surface area contributed by atoms with Crippen LogP contribution in [0.4, 0.5) is 0 Å². The van der Waals surface area contributed by atoms with Crippen molar-refractivity contribution in [2.45, 2.75) is 88.9 Å². The molecule has 0 aromatic carbocycles. The molecule has 3 saturated carbocycles. The Labute approximate surface area is 162 Å². The number of amides is 2. The minimum Gasteiger partial charge on any atom is -0.353 e. The third-order valence-corrected chi connectivity index (χ3v) is 7.75. The number of rotatable bonds is 5. The first-order valence-corrected chi connectivity index (χ1v) is 11.1. The fourth-order valence-corrected chi connectivity index (χ4v) is 6.45. The van der Waals surface area contributed by atoms with Crippen LogP contribution in [-0.4, -0.2) is 42.5 Å². The minimum atomic E-state index is -0.0137. The van der Waals surface area contributed by atoms with Crippen molar-refractivity contribution in [3.05, 3.63) is 0 Å². The van der Waals surface area contributed by atoms with E-state index in [1.54, 1.807) is 0 Å². The van der Waals surface area contributed by atoms with E-state index in [1.807, 2.05) is 0 Å². The molecule has 1 heterocycles. The zero-order chi connectivity index (χ0) is 19.0. The molecule has 2 amide bonds. The van der Waals surface area contributed by atoms with Gasteiger partial charge in [-0.05, 0) is 68.6 Å². The second-order valence-corrected chi connectivity index (χ2v) is 9.56. The van der Waals surface area contributed by atoms with Gasteiger partial charge in [0.15, 0.2) is 0 Å². The number of carbonyl (C=O) groups is 2. The van der Waals surface area contributed by atoms with E-state index >= 15 is 0 Å². The van der Waals surface area contributed by atoms with Crippen molar-refractivity contribution in [1.29, 1.82) is 0 Å². The molecule has 4 rings (SSSR count). The number of nitrogens with two attached hydrogens (primary N) is 1. The monoisotopic (exact) mass is 376 g/mol. The summed E-state index contributed by atoms with van der Waals surface area (Å²) in [5.74, 6) is 2.63. The molecule has 6 atom stereocenters. The Bertz CT molecular complexity index is 554. The molecule has 6 nitrogen and oxygen atoms in total. The summed E-state index contributed by atoms with van der Waals surface area (Å²) in [6, 6.07) is 1.06. The van der Waals surface area contributed by atoms with E-state index in [0.29, 0.717) is 42.7 Å². The van der Waals surface area contributed by atoms with Gasteiger partial charge in [-0.3, -0.25) is 9.59 Å². The van der Waals surface area contributed by atoms with Crippen molar-refractivity contribution in [2.75, 3.05) is 6.54 Å². The van der Waals surface area contributed by atoms with Crippen LogP contribution >= 0.6 is 0 Å². The van der Waals surface area contributed by atoms with Crippen molar-refractivity contribution in [2.24, 2.45) is 29.4 Å². The summed E-state index contributed by atoms with van der Waals surface area (Å²) in [7, 11) is 0. The Morgan fingerprint density at radius 1 is 1.00 bits per heavy atom. The van der Waals surface area contributed by atoms with Gasteiger partial charge in [-0.2, -0.15) is 0 Å². The smallest absolute Gasteiger partial charge is 0.237 e. The number of fused-ring (bicyclic) bond motifs is 3. The van der Waals surface area contributed by atoms with Gasteiger partial charge in [0.2, 0.25) is 11.8 Å². The van der Waals surface area contributed by atoms with Gasteiger partial charge < -0.3 is 21.7 Å². The third-order valence-electron chi connectivity index (χ3n) is 7.75. The quantitative estimate of drug-likeness (QED) is 0.581. The summed E-state index contributed by atoms with van der Waals surface area (Å²) in [4.78, 5) is 24.8. The van der Waals surface area contributed by atoms with E-state index in [1.165, 1.54) is 19.3 Å². The Morgan fingerprint density at radius 2 is 1.74 bits per heavy atom. The molecule has 1 aliphatic heterocycles. The van der Waals surface area contributed by atoms with Gasteiger partial charge in [0, 0.05) is 31.1 Å². The van der Waals surface area contributed by atoms with Crippen LogP contribution in [0.1, 0.15) is 64.7 Å². The standard InChI is InChI=1S/C21H36N4O2/c1-12-3-2-4-13-11-17(24-19(12)13)21(27)23-16-9-14-5-6-15(10-16)20(14)25-18(26)7-8-22/h12-17,19-20,24H,2-11,22H2,1H3,(H,23,27)(H,25,26). The van der Waals surface area contributed by atoms with E-state index in [-0.39, 0.29) is 29.9 Å². The predicted molar refractivity (Wildman–Crippen MR) is 105 cm³/mol. The van der Waals surface area contributed by atoms with Crippen molar-refractivity contribution < 1.29 is 9.59 Å². The Hall–Kier alpha value is -1.14. The Morgan fingerprint density at radius 3 is 2.41 bits per heavy atom. The average Bonchev–Trinajstić information content (AvgIpc) is 3.15. The molecule has 5 N–H and O–H groups in total. The third kappa shape index (κ3) is 4.02. The lowest BCUT2D eigenvalue weighted by Gasteiger charge is -2.36. The lowest BCUT2D eigenvalue weighted by Crippen LogP contribution is -2.53. The summed E-state index contributed by atoms with van der Waals surface area (Å²) >= 11 is 0. The Kier molecular flexibility index (Phi) is 5.74. The van der Waals surface area contributed by atoms with Crippen molar-refractivity contribution >= 4 is 11.8 Å². The van der Waals surface area contributed by atoms with Gasteiger partial charge >= 0.3 is 0 Å². The topological polar surface area (TPSA) is 96.2 Å². The summed E-state index contributed by atoms with van der Waals surface area (Å²) in [6.45, 7) is 2.73. The second-order valence-electron chi connectivity index (χ2n) is 9.56. The highest BCUT2D eigenvalue weighted by Gasteiger charge is 2.45. The van der Waals surface area contributed by atoms with E-state index in [0.717, 1.165) is 32.1 Å². The lowest BCUT2D eigenvalue weighted by molar-refractivity contribution is -0.125. The van der Waals surface area contributed by atoms with E-state index in [9.17, 15) is 9.59 Å². The molecule has 0 aromatic heterocycles. The highest BCUT2D eigenvalue weighted by Crippen LogP contribution is 2.43. The van der Waals surface area contributed by atoms with Crippen LogP contribution in [0.2, 0.25) is 0 Å². The second kappa shape index (κ2) is 8.08. The molecule has 1 saturated heterocycles. The Balaban J connectivity index is 1.29. The lowest BCUT2D eigenvalue weighted by atomic mass is 9.78. The van der Waals surface area contributed by atoms with Gasteiger partial charge in [0.1, 0.15) is 0 Å². The highest BCUT2D eigenvalue weighted by atomic mass is 16.2. The maximum atomic E-state index is 12.9. The predicted octanol–water partition coefficient (Wildman–Crippen LogP) is 1.29. The zero-order valence-electron chi connectivity index (χ0n) is 16.6. The number of nitrogens with one attached hydrogen (secondary N) is 3. The molecule has 2 bridgehead atoms. The number of hydrogen-bond acceptors (Lipinski definition) is 4. The molecule has 152 valence electrons. The van der Waals surface area contributed by atoms with Crippen molar-refractivity contribution in [1.82, 2.24) is 16.0 Å². The molecule has 27 heavy (non-hydrogen) atoms. The summed E-state index contributed by atoms with van der Waals surface area (Å²) in [6.07, 6.45) is 9.57. The van der Waals surface area contributed by atoms with Gasteiger partial charge in [0.05, 0.1) is 6.04 Å².